The molecule has 1 rings (SSSR count). The molecule has 0 atom stereocenters. The minimum atomic E-state index is -0.444. The van der Waals surface area contributed by atoms with Crippen molar-refractivity contribution in [3.05, 3.63) is 29.6 Å². The van der Waals surface area contributed by atoms with Gasteiger partial charge in [-0.3, -0.25) is 4.79 Å². The van der Waals surface area contributed by atoms with Crippen LogP contribution in [0.1, 0.15) is 24.2 Å². The maximum Gasteiger partial charge on any atom is 0.154 e. The van der Waals surface area contributed by atoms with Crippen LogP contribution in [-0.2, 0) is 0 Å². The number of carbonyl (C=O) groups excluding carboxylic acids is 1. The van der Waals surface area contributed by atoms with E-state index < -0.39 is 5.82 Å². The number of carbonyl (C=O) groups is 1. The average molecular weight is 198 g/mol. The first kappa shape index (κ1) is 10.3. The van der Waals surface area contributed by atoms with Gasteiger partial charge in [0.2, 0.25) is 0 Å². The van der Waals surface area contributed by atoms with Crippen molar-refractivity contribution in [3.8, 4) is 0 Å². The van der Waals surface area contributed by atoms with Gasteiger partial charge in [0, 0.05) is 10.1 Å². The van der Waals surface area contributed by atoms with Gasteiger partial charge < -0.3 is 0 Å². The van der Waals surface area contributed by atoms with Crippen LogP contribution in [0.4, 0.5) is 4.39 Å². The molecule has 0 fully saturated rings. The maximum absolute atomic E-state index is 13.1. The Morgan fingerprint density at radius 1 is 1.46 bits per heavy atom. The fraction of sp³-hybridized carbons (Fsp3) is 0.300. The molecule has 70 valence electrons. The molecule has 0 aliphatic rings. The first-order valence-electron chi connectivity index (χ1n) is 4.05. The van der Waals surface area contributed by atoms with Crippen molar-refractivity contribution >= 4 is 18.0 Å². The molecule has 0 spiro atoms. The van der Waals surface area contributed by atoms with Gasteiger partial charge in [0.15, 0.2) is 6.29 Å². The summed E-state index contributed by atoms with van der Waals surface area (Å²) < 4.78 is 13.1. The van der Waals surface area contributed by atoms with E-state index in [1.165, 1.54) is 17.8 Å². The van der Waals surface area contributed by atoms with Gasteiger partial charge in [0.25, 0.3) is 0 Å². The molecule has 0 aliphatic carbocycles. The quantitative estimate of drug-likeness (QED) is 0.548. The van der Waals surface area contributed by atoms with E-state index in [0.717, 1.165) is 0 Å². The summed E-state index contributed by atoms with van der Waals surface area (Å²) in [5.41, 5.74) is 0.168. The largest absolute Gasteiger partial charge is 0.298 e. The van der Waals surface area contributed by atoms with Crippen molar-refractivity contribution in [3.63, 3.8) is 0 Å². The summed E-state index contributed by atoms with van der Waals surface area (Å²) in [6.45, 7) is 4.01. The highest BCUT2D eigenvalue weighted by Crippen LogP contribution is 2.26. The van der Waals surface area contributed by atoms with E-state index in [2.05, 4.69) is 0 Å². The Balaban J connectivity index is 3.05. The zero-order chi connectivity index (χ0) is 9.84. The van der Waals surface area contributed by atoms with E-state index in [4.69, 9.17) is 0 Å². The fourth-order valence-electron chi connectivity index (χ4n) is 0.988. The molecule has 1 aromatic rings. The maximum atomic E-state index is 13.1. The first-order chi connectivity index (χ1) is 6.15. The summed E-state index contributed by atoms with van der Waals surface area (Å²) in [5.74, 6) is -0.444. The summed E-state index contributed by atoms with van der Waals surface area (Å²) in [6, 6.07) is 4.68. The van der Waals surface area contributed by atoms with E-state index in [-0.39, 0.29) is 5.56 Å². The molecule has 0 N–H and O–H groups in total. The fourth-order valence-corrected chi connectivity index (χ4v) is 1.93. The average Bonchev–Trinajstić information content (AvgIpc) is 2.03. The molecule has 1 aromatic carbocycles. The summed E-state index contributed by atoms with van der Waals surface area (Å²) in [4.78, 5) is 11.3. The molecule has 0 heterocycles. The lowest BCUT2D eigenvalue weighted by atomic mass is 10.2. The van der Waals surface area contributed by atoms with Crippen molar-refractivity contribution in [2.75, 3.05) is 0 Å². The second-order valence-corrected chi connectivity index (χ2v) is 4.55. The van der Waals surface area contributed by atoms with Gasteiger partial charge in [-0.05, 0) is 12.1 Å². The van der Waals surface area contributed by atoms with Crippen LogP contribution in [0.3, 0.4) is 0 Å². The van der Waals surface area contributed by atoms with Gasteiger partial charge in [-0.25, -0.2) is 4.39 Å². The zero-order valence-electron chi connectivity index (χ0n) is 7.58. The highest BCUT2D eigenvalue weighted by Gasteiger charge is 2.08. The van der Waals surface area contributed by atoms with Crippen molar-refractivity contribution in [2.45, 2.75) is 24.0 Å². The number of rotatable bonds is 3. The number of halogens is 1. The van der Waals surface area contributed by atoms with Gasteiger partial charge in [0.1, 0.15) is 5.82 Å². The highest BCUT2D eigenvalue weighted by atomic mass is 32.2. The van der Waals surface area contributed by atoms with Crippen molar-refractivity contribution in [1.29, 1.82) is 0 Å². The lowest BCUT2D eigenvalue weighted by Gasteiger charge is -2.07. The molecule has 0 saturated heterocycles. The lowest BCUT2D eigenvalue weighted by molar-refractivity contribution is 0.111. The molecule has 1 nitrogen and oxygen atoms in total. The number of hydrogen-bond donors (Lipinski definition) is 0. The van der Waals surface area contributed by atoms with Crippen molar-refractivity contribution in [2.24, 2.45) is 0 Å². The van der Waals surface area contributed by atoms with Gasteiger partial charge in [-0.1, -0.05) is 19.9 Å². The highest BCUT2D eigenvalue weighted by molar-refractivity contribution is 8.00. The Hall–Kier alpha value is -0.830. The van der Waals surface area contributed by atoms with Crippen LogP contribution in [0.25, 0.3) is 0 Å². The smallest absolute Gasteiger partial charge is 0.154 e. The van der Waals surface area contributed by atoms with Crippen molar-refractivity contribution in [1.82, 2.24) is 0 Å². The predicted octanol–water partition coefficient (Wildman–Crippen LogP) is 3.14. The third kappa shape index (κ3) is 2.56. The second kappa shape index (κ2) is 4.42. The molecule has 13 heavy (non-hydrogen) atoms. The number of aldehydes is 1. The monoisotopic (exact) mass is 198 g/mol. The van der Waals surface area contributed by atoms with E-state index in [1.807, 2.05) is 13.8 Å². The standard InChI is InChI=1S/C10H11FOS/c1-7(2)13-10-5-3-4-9(11)8(10)6-12/h3-7H,1-2H3. The van der Waals surface area contributed by atoms with Crippen LogP contribution >= 0.6 is 11.8 Å². The molecular formula is C10H11FOS. The number of thioether (sulfide) groups is 1. The minimum Gasteiger partial charge on any atom is -0.298 e. The summed E-state index contributed by atoms with van der Waals surface area (Å²) >= 11 is 1.49. The summed E-state index contributed by atoms with van der Waals surface area (Å²) in [6.07, 6.45) is 0.569. The van der Waals surface area contributed by atoms with E-state index >= 15 is 0 Å². The normalized spacial score (nSPS) is 10.5. The van der Waals surface area contributed by atoms with Crippen LogP contribution in [0.15, 0.2) is 23.1 Å². The van der Waals surface area contributed by atoms with Crippen LogP contribution in [0.2, 0.25) is 0 Å². The summed E-state index contributed by atoms with van der Waals surface area (Å²) in [7, 11) is 0. The number of benzene rings is 1. The zero-order valence-corrected chi connectivity index (χ0v) is 8.40. The second-order valence-electron chi connectivity index (χ2n) is 2.94. The van der Waals surface area contributed by atoms with Gasteiger partial charge >= 0.3 is 0 Å². The van der Waals surface area contributed by atoms with Crippen LogP contribution in [-0.4, -0.2) is 11.5 Å². The lowest BCUT2D eigenvalue weighted by Crippen LogP contribution is -1.94. The Morgan fingerprint density at radius 2 is 2.15 bits per heavy atom. The third-order valence-electron chi connectivity index (χ3n) is 1.49. The Bertz CT molecular complexity index is 310. The minimum absolute atomic E-state index is 0.168. The third-order valence-corrected chi connectivity index (χ3v) is 2.57. The van der Waals surface area contributed by atoms with E-state index in [0.29, 0.717) is 16.4 Å². The molecule has 3 heteroatoms. The van der Waals surface area contributed by atoms with Gasteiger partial charge in [-0.15, -0.1) is 11.8 Å². The summed E-state index contributed by atoms with van der Waals surface area (Å²) in [5, 5.41) is 0.348. The predicted molar refractivity (Wildman–Crippen MR) is 52.8 cm³/mol. The molecular weight excluding hydrogens is 187 g/mol. The molecule has 0 radical (unpaired) electrons. The molecule has 0 aliphatic heterocycles. The Morgan fingerprint density at radius 3 is 2.69 bits per heavy atom. The van der Waals surface area contributed by atoms with Crippen LogP contribution < -0.4 is 0 Å². The SMILES string of the molecule is CC(C)Sc1cccc(F)c1C=O. The molecule has 0 unspecified atom stereocenters. The van der Waals surface area contributed by atoms with Crippen molar-refractivity contribution < 1.29 is 9.18 Å². The molecule has 0 saturated carbocycles. The van der Waals surface area contributed by atoms with Crippen LogP contribution in [0, 0.1) is 5.82 Å². The topological polar surface area (TPSA) is 17.1 Å². The molecule has 0 bridgehead atoms. The molecule has 0 amide bonds. The Kier molecular flexibility index (Phi) is 3.48. The van der Waals surface area contributed by atoms with E-state index in [1.54, 1.807) is 12.1 Å². The Labute approximate surface area is 81.3 Å². The molecule has 0 aromatic heterocycles. The first-order valence-corrected chi connectivity index (χ1v) is 4.93. The number of hydrogen-bond acceptors (Lipinski definition) is 2. The van der Waals surface area contributed by atoms with Crippen LogP contribution in [0.5, 0.6) is 0 Å². The van der Waals surface area contributed by atoms with Gasteiger partial charge in [-0.2, -0.15) is 0 Å². The van der Waals surface area contributed by atoms with E-state index in [9.17, 15) is 9.18 Å². The van der Waals surface area contributed by atoms with Gasteiger partial charge in [0.05, 0.1) is 5.56 Å².